The van der Waals surface area contributed by atoms with E-state index < -0.39 is 0 Å². The molecule has 2 rings (SSSR count). The van der Waals surface area contributed by atoms with Crippen molar-refractivity contribution in [1.82, 2.24) is 0 Å². The summed E-state index contributed by atoms with van der Waals surface area (Å²) < 4.78 is 2.01. The third-order valence-corrected chi connectivity index (χ3v) is 2.83. The van der Waals surface area contributed by atoms with Crippen LogP contribution in [0.3, 0.4) is 0 Å². The summed E-state index contributed by atoms with van der Waals surface area (Å²) in [5.41, 5.74) is 1.40. The molecule has 0 radical (unpaired) electrons. The molecule has 0 aliphatic carbocycles. The Kier molecular flexibility index (Phi) is 1.55. The van der Waals surface area contributed by atoms with Gasteiger partial charge in [-0.25, -0.2) is 4.79 Å². The number of rotatable bonds is 0. The maximum absolute atomic E-state index is 11.3. The van der Waals surface area contributed by atoms with E-state index in [1.54, 1.807) is 0 Å². The number of nitrogens with zero attached hydrogens (tertiary/aromatic N) is 1. The predicted octanol–water partition coefficient (Wildman–Crippen LogP) is 1.19. The lowest BCUT2D eigenvalue weighted by molar-refractivity contribution is -0.451. The van der Waals surface area contributed by atoms with Crippen LogP contribution in [0, 0.1) is 5.92 Å². The minimum Gasteiger partial charge on any atom is -0.220 e. The highest BCUT2D eigenvalue weighted by Crippen LogP contribution is 2.22. The van der Waals surface area contributed by atoms with Crippen LogP contribution in [-0.4, -0.2) is 22.7 Å². The number of carbonyl (C=O) groups is 1. The quantitative estimate of drug-likeness (QED) is 0.477. The van der Waals surface area contributed by atoms with Crippen molar-refractivity contribution in [1.29, 1.82) is 0 Å². The standard InChI is InChI=1S/C9H14NO/c1-7-3-2-6-10-8(7)4-5-9(10)11/h7H,2-6H2,1H3/q+1. The smallest absolute Gasteiger partial charge is 0.220 e. The van der Waals surface area contributed by atoms with Gasteiger partial charge < -0.3 is 0 Å². The fourth-order valence-electron chi connectivity index (χ4n) is 2.17. The molecule has 0 saturated carbocycles. The van der Waals surface area contributed by atoms with Gasteiger partial charge in [0.05, 0.1) is 6.42 Å². The lowest BCUT2D eigenvalue weighted by Crippen LogP contribution is -2.29. The van der Waals surface area contributed by atoms with Crippen molar-refractivity contribution in [3.63, 3.8) is 0 Å². The van der Waals surface area contributed by atoms with Gasteiger partial charge in [-0.2, -0.15) is 4.58 Å². The molecule has 0 spiro atoms. The van der Waals surface area contributed by atoms with E-state index in [1.807, 2.05) is 4.58 Å². The fourth-order valence-corrected chi connectivity index (χ4v) is 2.17. The number of carbonyl (C=O) groups excluding carboxylic acids is 1. The molecule has 2 aliphatic rings. The first kappa shape index (κ1) is 7.01. The normalized spacial score (nSPS) is 31.0. The summed E-state index contributed by atoms with van der Waals surface area (Å²) in [6, 6.07) is 0. The first-order chi connectivity index (χ1) is 5.29. The van der Waals surface area contributed by atoms with Gasteiger partial charge in [0.2, 0.25) is 0 Å². The average Bonchev–Trinajstić information content (AvgIpc) is 2.35. The fraction of sp³-hybridized carbons (Fsp3) is 0.778. The molecule has 1 atom stereocenters. The average molecular weight is 152 g/mol. The second kappa shape index (κ2) is 2.43. The zero-order valence-electron chi connectivity index (χ0n) is 6.97. The molecule has 60 valence electrons. The molecule has 0 fully saturated rings. The van der Waals surface area contributed by atoms with Crippen LogP contribution in [0.25, 0.3) is 0 Å². The topological polar surface area (TPSA) is 20.1 Å². The molecule has 2 heteroatoms. The van der Waals surface area contributed by atoms with Crippen molar-refractivity contribution < 1.29 is 9.37 Å². The molecular formula is C9H14NO+. The zero-order valence-corrected chi connectivity index (χ0v) is 6.97. The van der Waals surface area contributed by atoms with E-state index in [2.05, 4.69) is 6.92 Å². The number of hydrogen-bond acceptors (Lipinski definition) is 1. The zero-order chi connectivity index (χ0) is 7.84. The molecule has 2 heterocycles. The van der Waals surface area contributed by atoms with Gasteiger partial charge in [-0.1, -0.05) is 6.92 Å². The molecule has 2 aliphatic heterocycles. The Balaban J connectivity index is 2.33. The van der Waals surface area contributed by atoms with E-state index in [4.69, 9.17) is 0 Å². The van der Waals surface area contributed by atoms with Crippen LogP contribution in [0.1, 0.15) is 32.6 Å². The van der Waals surface area contributed by atoms with Crippen molar-refractivity contribution >= 4 is 11.6 Å². The Morgan fingerprint density at radius 3 is 3.00 bits per heavy atom. The number of amides is 1. The number of hydrogen-bond donors (Lipinski definition) is 0. The van der Waals surface area contributed by atoms with Gasteiger partial charge in [0.25, 0.3) is 0 Å². The SMILES string of the molecule is CC1CCC[N+]2=C1CCC2=O. The third kappa shape index (κ3) is 1.01. The van der Waals surface area contributed by atoms with Gasteiger partial charge in [-0.15, -0.1) is 0 Å². The highest BCUT2D eigenvalue weighted by atomic mass is 16.2. The van der Waals surface area contributed by atoms with Crippen molar-refractivity contribution in [3.8, 4) is 0 Å². The second-order valence-corrected chi connectivity index (χ2v) is 3.58. The molecule has 2 nitrogen and oxygen atoms in total. The molecular weight excluding hydrogens is 138 g/mol. The molecule has 0 aromatic heterocycles. The van der Waals surface area contributed by atoms with Gasteiger partial charge in [0, 0.05) is 18.8 Å². The Labute approximate surface area is 66.9 Å². The van der Waals surface area contributed by atoms with Crippen molar-refractivity contribution in [2.24, 2.45) is 5.92 Å². The highest BCUT2D eigenvalue weighted by molar-refractivity contribution is 5.93. The summed E-state index contributed by atoms with van der Waals surface area (Å²) in [4.78, 5) is 11.3. The minimum atomic E-state index is 0.353. The van der Waals surface area contributed by atoms with Crippen LogP contribution in [0.15, 0.2) is 0 Å². The Morgan fingerprint density at radius 2 is 2.27 bits per heavy atom. The Bertz CT molecular complexity index is 230. The lowest BCUT2D eigenvalue weighted by atomic mass is 9.95. The molecule has 0 saturated heterocycles. The molecule has 11 heavy (non-hydrogen) atoms. The van der Waals surface area contributed by atoms with Gasteiger partial charge >= 0.3 is 5.91 Å². The molecule has 0 aromatic rings. The lowest BCUT2D eigenvalue weighted by Gasteiger charge is -2.13. The predicted molar refractivity (Wildman–Crippen MR) is 42.8 cm³/mol. The summed E-state index contributed by atoms with van der Waals surface area (Å²) in [5, 5.41) is 0. The first-order valence-corrected chi connectivity index (χ1v) is 4.45. The summed E-state index contributed by atoms with van der Waals surface area (Å²) in [6.07, 6.45) is 4.26. The second-order valence-electron chi connectivity index (χ2n) is 3.58. The molecule has 0 bridgehead atoms. The van der Waals surface area contributed by atoms with E-state index in [0.29, 0.717) is 11.8 Å². The van der Waals surface area contributed by atoms with Crippen LogP contribution in [0.5, 0.6) is 0 Å². The van der Waals surface area contributed by atoms with Crippen molar-refractivity contribution in [2.45, 2.75) is 32.6 Å². The molecule has 1 unspecified atom stereocenters. The van der Waals surface area contributed by atoms with E-state index in [-0.39, 0.29) is 0 Å². The van der Waals surface area contributed by atoms with Gasteiger partial charge in [0.15, 0.2) is 12.3 Å². The van der Waals surface area contributed by atoms with Gasteiger partial charge in [0.1, 0.15) is 0 Å². The minimum absolute atomic E-state index is 0.353. The summed E-state index contributed by atoms with van der Waals surface area (Å²) in [5.74, 6) is 1.02. The van der Waals surface area contributed by atoms with E-state index in [0.717, 1.165) is 19.4 Å². The molecule has 1 amide bonds. The Morgan fingerprint density at radius 1 is 1.45 bits per heavy atom. The summed E-state index contributed by atoms with van der Waals surface area (Å²) in [7, 11) is 0. The van der Waals surface area contributed by atoms with Gasteiger partial charge in [-0.05, 0) is 6.42 Å². The Hall–Kier alpha value is -0.660. The van der Waals surface area contributed by atoms with Crippen LogP contribution in [0.2, 0.25) is 0 Å². The summed E-state index contributed by atoms with van der Waals surface area (Å²) >= 11 is 0. The van der Waals surface area contributed by atoms with Crippen LogP contribution in [0.4, 0.5) is 0 Å². The van der Waals surface area contributed by atoms with E-state index in [9.17, 15) is 4.79 Å². The monoisotopic (exact) mass is 152 g/mol. The third-order valence-electron chi connectivity index (χ3n) is 2.83. The van der Waals surface area contributed by atoms with Crippen molar-refractivity contribution in [3.05, 3.63) is 0 Å². The van der Waals surface area contributed by atoms with E-state index >= 15 is 0 Å². The van der Waals surface area contributed by atoms with Gasteiger partial charge in [-0.3, -0.25) is 0 Å². The molecule has 0 aromatic carbocycles. The highest BCUT2D eigenvalue weighted by Gasteiger charge is 2.36. The maximum Gasteiger partial charge on any atom is 0.387 e. The first-order valence-electron chi connectivity index (χ1n) is 4.45. The summed E-state index contributed by atoms with van der Waals surface area (Å²) in [6.45, 7) is 3.22. The maximum atomic E-state index is 11.3. The largest absolute Gasteiger partial charge is 0.387 e. The van der Waals surface area contributed by atoms with Crippen LogP contribution >= 0.6 is 0 Å². The van der Waals surface area contributed by atoms with Crippen molar-refractivity contribution in [2.75, 3.05) is 6.54 Å². The van der Waals surface area contributed by atoms with Crippen LogP contribution < -0.4 is 0 Å². The van der Waals surface area contributed by atoms with E-state index in [1.165, 1.54) is 18.6 Å². The van der Waals surface area contributed by atoms with Crippen LogP contribution in [-0.2, 0) is 4.79 Å². The molecule has 0 N–H and O–H groups in total.